The molecule has 1 aromatic carbocycles. The summed E-state index contributed by atoms with van der Waals surface area (Å²) in [6, 6.07) is 13.2. The van der Waals surface area contributed by atoms with E-state index in [4.69, 9.17) is 4.74 Å². The van der Waals surface area contributed by atoms with Crippen LogP contribution in [-0.4, -0.2) is 11.1 Å². The third-order valence-electron chi connectivity index (χ3n) is 2.47. The van der Waals surface area contributed by atoms with E-state index in [0.717, 1.165) is 11.1 Å². The van der Waals surface area contributed by atoms with Gasteiger partial charge < -0.3 is 10.1 Å². The maximum atomic E-state index is 11.6. The van der Waals surface area contributed by atoms with Crippen LogP contribution in [0.5, 0.6) is 0 Å². The van der Waals surface area contributed by atoms with E-state index in [0.29, 0.717) is 15.8 Å². The Morgan fingerprint density at radius 3 is 2.40 bits per heavy atom. The number of rotatable bonds is 4. The Bertz CT molecular complexity index is 571. The first kappa shape index (κ1) is 15.0. The van der Waals surface area contributed by atoms with Gasteiger partial charge in [0.05, 0.1) is 0 Å². The molecule has 0 aliphatic heterocycles. The lowest BCUT2D eigenvalue weighted by Crippen LogP contribution is -2.23. The number of amides is 1. The average molecular weight is 400 g/mol. The zero-order chi connectivity index (χ0) is 14.4. The Morgan fingerprint density at radius 2 is 1.75 bits per heavy atom. The van der Waals surface area contributed by atoms with E-state index in [9.17, 15) is 4.79 Å². The van der Waals surface area contributed by atoms with Gasteiger partial charge in [0.25, 0.3) is 0 Å². The molecule has 104 valence electrons. The molecule has 2 rings (SSSR count). The first-order chi connectivity index (χ1) is 9.63. The molecule has 0 bridgehead atoms. The summed E-state index contributed by atoms with van der Waals surface area (Å²) in [4.78, 5) is 15.7. The van der Waals surface area contributed by atoms with Crippen molar-refractivity contribution in [3.8, 4) is 0 Å². The standard InChI is InChI=1S/C14H12Br2N2O2/c15-12-6-11(7-13(16)18-12)8-17-14(19)20-9-10-4-2-1-3-5-10/h1-7H,8-9H2,(H,17,19). The zero-order valence-electron chi connectivity index (χ0n) is 10.5. The predicted molar refractivity (Wildman–Crippen MR) is 83.1 cm³/mol. The lowest BCUT2D eigenvalue weighted by Gasteiger charge is -2.07. The van der Waals surface area contributed by atoms with Gasteiger partial charge in [-0.15, -0.1) is 0 Å². The van der Waals surface area contributed by atoms with Gasteiger partial charge in [-0.1, -0.05) is 30.3 Å². The molecule has 4 nitrogen and oxygen atoms in total. The smallest absolute Gasteiger partial charge is 0.407 e. The van der Waals surface area contributed by atoms with Crippen LogP contribution in [0.25, 0.3) is 0 Å². The van der Waals surface area contributed by atoms with Gasteiger partial charge in [-0.3, -0.25) is 0 Å². The molecule has 0 atom stereocenters. The minimum atomic E-state index is -0.446. The lowest BCUT2D eigenvalue weighted by atomic mass is 10.2. The van der Waals surface area contributed by atoms with Crippen LogP contribution in [0.2, 0.25) is 0 Å². The normalized spacial score (nSPS) is 10.1. The predicted octanol–water partition coefficient (Wildman–Crippen LogP) is 4.03. The highest BCUT2D eigenvalue weighted by molar-refractivity contribution is 9.11. The van der Waals surface area contributed by atoms with Crippen molar-refractivity contribution < 1.29 is 9.53 Å². The van der Waals surface area contributed by atoms with Crippen molar-refractivity contribution in [1.29, 1.82) is 0 Å². The Labute approximate surface area is 133 Å². The number of nitrogens with zero attached hydrogens (tertiary/aromatic N) is 1. The summed E-state index contributed by atoms with van der Waals surface area (Å²) >= 11 is 6.59. The zero-order valence-corrected chi connectivity index (χ0v) is 13.6. The van der Waals surface area contributed by atoms with E-state index in [-0.39, 0.29) is 6.61 Å². The van der Waals surface area contributed by atoms with Gasteiger partial charge in [-0.25, -0.2) is 9.78 Å². The molecule has 20 heavy (non-hydrogen) atoms. The molecule has 0 radical (unpaired) electrons. The van der Waals surface area contributed by atoms with Crippen LogP contribution in [0.15, 0.2) is 51.7 Å². The highest BCUT2D eigenvalue weighted by Gasteiger charge is 2.04. The molecule has 0 saturated carbocycles. The summed E-state index contributed by atoms with van der Waals surface area (Å²) < 4.78 is 6.54. The van der Waals surface area contributed by atoms with Gasteiger partial charge in [0.15, 0.2) is 0 Å². The monoisotopic (exact) mass is 398 g/mol. The first-order valence-corrected chi connectivity index (χ1v) is 7.48. The number of carbonyl (C=O) groups excluding carboxylic acids is 1. The SMILES string of the molecule is O=C(NCc1cc(Br)nc(Br)c1)OCc1ccccc1. The van der Waals surface area contributed by atoms with Gasteiger partial charge in [0, 0.05) is 6.54 Å². The number of nitrogens with one attached hydrogen (secondary N) is 1. The van der Waals surface area contributed by atoms with E-state index in [1.54, 1.807) is 0 Å². The number of hydrogen-bond acceptors (Lipinski definition) is 3. The molecule has 6 heteroatoms. The van der Waals surface area contributed by atoms with E-state index >= 15 is 0 Å². The fourth-order valence-electron chi connectivity index (χ4n) is 1.56. The molecule has 2 aromatic rings. The maximum absolute atomic E-state index is 11.6. The molecule has 0 saturated heterocycles. The van der Waals surface area contributed by atoms with E-state index in [1.807, 2.05) is 42.5 Å². The molecular weight excluding hydrogens is 388 g/mol. The summed E-state index contributed by atoms with van der Waals surface area (Å²) in [6.45, 7) is 0.643. The average Bonchev–Trinajstić information content (AvgIpc) is 2.43. The largest absolute Gasteiger partial charge is 0.445 e. The fourth-order valence-corrected chi connectivity index (χ4v) is 2.77. The first-order valence-electron chi connectivity index (χ1n) is 5.90. The second kappa shape index (κ2) is 7.40. The van der Waals surface area contributed by atoms with E-state index in [2.05, 4.69) is 42.2 Å². The fraction of sp³-hybridized carbons (Fsp3) is 0.143. The van der Waals surface area contributed by atoms with Crippen molar-refractivity contribution in [1.82, 2.24) is 10.3 Å². The Balaban J connectivity index is 1.80. The molecule has 0 aliphatic rings. The molecular formula is C14H12Br2N2O2. The highest BCUT2D eigenvalue weighted by Crippen LogP contribution is 2.15. The second-order valence-corrected chi connectivity index (χ2v) is 5.66. The molecule has 1 amide bonds. The van der Waals surface area contributed by atoms with Crippen molar-refractivity contribution in [3.05, 3.63) is 62.8 Å². The Morgan fingerprint density at radius 1 is 1.10 bits per heavy atom. The van der Waals surface area contributed by atoms with Crippen molar-refractivity contribution in [2.75, 3.05) is 0 Å². The van der Waals surface area contributed by atoms with Crippen LogP contribution in [0.1, 0.15) is 11.1 Å². The highest BCUT2D eigenvalue weighted by atomic mass is 79.9. The third-order valence-corrected chi connectivity index (χ3v) is 3.28. The Hall–Kier alpha value is -1.40. The van der Waals surface area contributed by atoms with Crippen LogP contribution >= 0.6 is 31.9 Å². The van der Waals surface area contributed by atoms with Gasteiger partial charge in [-0.05, 0) is 55.1 Å². The maximum Gasteiger partial charge on any atom is 0.407 e. The summed E-state index contributed by atoms with van der Waals surface area (Å²) in [6.07, 6.45) is -0.446. The number of pyridine rings is 1. The lowest BCUT2D eigenvalue weighted by molar-refractivity contribution is 0.139. The number of benzene rings is 1. The number of halogens is 2. The van der Waals surface area contributed by atoms with Crippen LogP contribution in [-0.2, 0) is 17.9 Å². The van der Waals surface area contributed by atoms with Gasteiger partial charge in [-0.2, -0.15) is 0 Å². The third kappa shape index (κ3) is 4.94. The number of alkyl carbamates (subject to hydrolysis) is 1. The summed E-state index contributed by atoms with van der Waals surface area (Å²) in [5, 5.41) is 2.69. The molecule has 0 unspecified atom stereocenters. The number of aromatic nitrogens is 1. The molecule has 1 N–H and O–H groups in total. The molecule has 0 spiro atoms. The molecule has 1 heterocycles. The van der Waals surface area contributed by atoms with Crippen molar-refractivity contribution in [2.45, 2.75) is 13.2 Å². The molecule has 0 fully saturated rings. The quantitative estimate of drug-likeness (QED) is 0.789. The number of ether oxygens (including phenoxy) is 1. The number of hydrogen-bond donors (Lipinski definition) is 1. The van der Waals surface area contributed by atoms with E-state index in [1.165, 1.54) is 0 Å². The summed E-state index contributed by atoms with van der Waals surface area (Å²) in [5.74, 6) is 0. The van der Waals surface area contributed by atoms with E-state index < -0.39 is 6.09 Å². The minimum absolute atomic E-state index is 0.260. The Kier molecular flexibility index (Phi) is 5.55. The second-order valence-electron chi connectivity index (χ2n) is 4.04. The number of carbonyl (C=O) groups is 1. The topological polar surface area (TPSA) is 51.2 Å². The van der Waals surface area contributed by atoms with Gasteiger partial charge >= 0.3 is 6.09 Å². The van der Waals surface area contributed by atoms with Crippen molar-refractivity contribution in [3.63, 3.8) is 0 Å². The van der Waals surface area contributed by atoms with Gasteiger partial charge in [0.2, 0.25) is 0 Å². The molecule has 1 aromatic heterocycles. The summed E-state index contributed by atoms with van der Waals surface area (Å²) in [7, 11) is 0. The minimum Gasteiger partial charge on any atom is -0.445 e. The van der Waals surface area contributed by atoms with Crippen LogP contribution in [0.3, 0.4) is 0 Å². The summed E-state index contributed by atoms with van der Waals surface area (Å²) in [5.41, 5.74) is 1.88. The molecule has 0 aliphatic carbocycles. The van der Waals surface area contributed by atoms with Crippen LogP contribution in [0, 0.1) is 0 Å². The van der Waals surface area contributed by atoms with Gasteiger partial charge in [0.1, 0.15) is 15.8 Å². The van der Waals surface area contributed by atoms with Crippen molar-refractivity contribution in [2.24, 2.45) is 0 Å². The van der Waals surface area contributed by atoms with Crippen LogP contribution in [0.4, 0.5) is 4.79 Å². The van der Waals surface area contributed by atoms with Crippen molar-refractivity contribution >= 4 is 38.0 Å². The van der Waals surface area contributed by atoms with Crippen LogP contribution < -0.4 is 5.32 Å².